The molecule has 0 aliphatic rings. The minimum absolute atomic E-state index is 0.542. The van der Waals surface area contributed by atoms with Crippen LogP contribution in [0.1, 0.15) is 0 Å². The third-order valence-corrected chi connectivity index (χ3v) is 1.54. The molecule has 0 atom stereocenters. The van der Waals surface area contributed by atoms with Crippen LogP contribution in [0.4, 0.5) is 5.82 Å². The summed E-state index contributed by atoms with van der Waals surface area (Å²) in [6.07, 6.45) is 0. The van der Waals surface area contributed by atoms with Gasteiger partial charge in [-0.25, -0.2) is 4.98 Å². The molecule has 53 valence electrons. The number of nitrogen functional groups attached to an aromatic ring is 1. The maximum atomic E-state index is 5.49. The van der Waals surface area contributed by atoms with Gasteiger partial charge in [-0.15, -0.1) is 0 Å². The van der Waals surface area contributed by atoms with E-state index in [-0.39, 0.29) is 0 Å². The highest BCUT2D eigenvalue weighted by Crippen LogP contribution is 2.11. The highest BCUT2D eigenvalue weighted by molar-refractivity contribution is 5.79. The summed E-state index contributed by atoms with van der Waals surface area (Å²) in [6.45, 7) is 0. The van der Waals surface area contributed by atoms with Gasteiger partial charge in [-0.1, -0.05) is 18.2 Å². The summed E-state index contributed by atoms with van der Waals surface area (Å²) >= 11 is 0. The maximum Gasteiger partial charge on any atom is 0.124 e. The summed E-state index contributed by atoms with van der Waals surface area (Å²) in [5.41, 5.74) is 6.32. The number of fused-ring (bicyclic) bond motifs is 1. The third kappa shape index (κ3) is 1.03. The molecule has 2 aromatic rings. The molecule has 0 unspecified atom stereocenters. The highest BCUT2D eigenvalue weighted by Gasteiger charge is 1.91. The van der Waals surface area contributed by atoms with Crippen molar-refractivity contribution in [3.63, 3.8) is 0 Å². The number of nitrogens with two attached hydrogens (primary N) is 1. The molecule has 1 radical (unpaired) electrons. The van der Waals surface area contributed by atoms with Gasteiger partial charge in [0.2, 0.25) is 0 Å². The molecule has 11 heavy (non-hydrogen) atoms. The van der Waals surface area contributed by atoms with Crippen molar-refractivity contribution in [1.82, 2.24) is 4.98 Å². The van der Waals surface area contributed by atoms with E-state index in [1.807, 2.05) is 24.3 Å². The Hall–Kier alpha value is -1.57. The monoisotopic (exact) mass is 143 g/mol. The van der Waals surface area contributed by atoms with Crippen molar-refractivity contribution in [2.24, 2.45) is 0 Å². The second kappa shape index (κ2) is 2.23. The van der Waals surface area contributed by atoms with Gasteiger partial charge in [0.1, 0.15) is 5.82 Å². The van der Waals surface area contributed by atoms with Crippen LogP contribution in [0.2, 0.25) is 0 Å². The van der Waals surface area contributed by atoms with Crippen LogP contribution in [0.25, 0.3) is 10.9 Å². The third-order valence-electron chi connectivity index (χ3n) is 1.54. The fourth-order valence-electron chi connectivity index (χ4n) is 1.01. The lowest BCUT2D eigenvalue weighted by Crippen LogP contribution is -1.88. The van der Waals surface area contributed by atoms with Crippen molar-refractivity contribution in [1.29, 1.82) is 0 Å². The first-order chi connectivity index (χ1) is 5.36. The number of para-hydroxylation sites is 1. The number of nitrogens with zero attached hydrogens (tertiary/aromatic N) is 1. The van der Waals surface area contributed by atoms with E-state index in [0.717, 1.165) is 10.9 Å². The van der Waals surface area contributed by atoms with Gasteiger partial charge in [0.05, 0.1) is 5.52 Å². The number of pyridine rings is 1. The largest absolute Gasteiger partial charge is 0.384 e. The van der Waals surface area contributed by atoms with E-state index in [1.54, 1.807) is 6.07 Å². The standard InChI is InChI=1S/C9H7N2/c10-9-6-5-7-3-1-2-4-8(7)11-9/h1-3,5-6H,(H2,10,11). The van der Waals surface area contributed by atoms with Crippen LogP contribution in [-0.2, 0) is 0 Å². The Balaban J connectivity index is 2.83. The minimum atomic E-state index is 0.542. The molecule has 2 N–H and O–H groups in total. The van der Waals surface area contributed by atoms with E-state index in [9.17, 15) is 0 Å². The minimum Gasteiger partial charge on any atom is -0.384 e. The molecule has 0 aliphatic carbocycles. The first kappa shape index (κ1) is 6.16. The lowest BCUT2D eigenvalue weighted by molar-refractivity contribution is 1.41. The predicted molar refractivity (Wildman–Crippen MR) is 45.0 cm³/mol. The molecule has 1 aromatic carbocycles. The van der Waals surface area contributed by atoms with Gasteiger partial charge in [-0.05, 0) is 12.1 Å². The predicted octanol–water partition coefficient (Wildman–Crippen LogP) is 1.62. The van der Waals surface area contributed by atoms with Gasteiger partial charge in [0.15, 0.2) is 0 Å². The molecule has 0 bridgehead atoms. The van der Waals surface area contributed by atoms with E-state index in [0.29, 0.717) is 5.82 Å². The van der Waals surface area contributed by atoms with E-state index in [4.69, 9.17) is 5.73 Å². The number of anilines is 1. The smallest absolute Gasteiger partial charge is 0.124 e. The van der Waals surface area contributed by atoms with Crippen LogP contribution in [0.5, 0.6) is 0 Å². The molecular formula is C9H7N2. The molecular weight excluding hydrogens is 136 g/mol. The lowest BCUT2D eigenvalue weighted by Gasteiger charge is -1.95. The zero-order valence-corrected chi connectivity index (χ0v) is 5.91. The fraction of sp³-hybridized carbons (Fsp3) is 0. The van der Waals surface area contributed by atoms with Crippen LogP contribution in [-0.4, -0.2) is 4.98 Å². The van der Waals surface area contributed by atoms with Crippen LogP contribution in [0.15, 0.2) is 30.3 Å². The zero-order valence-electron chi connectivity index (χ0n) is 5.91. The van der Waals surface area contributed by atoms with Crippen LogP contribution in [0, 0.1) is 6.07 Å². The topological polar surface area (TPSA) is 38.9 Å². The summed E-state index contributed by atoms with van der Waals surface area (Å²) in [5, 5.41) is 1.07. The maximum absolute atomic E-state index is 5.49. The Morgan fingerprint density at radius 3 is 3.09 bits per heavy atom. The number of aromatic nitrogens is 1. The lowest BCUT2D eigenvalue weighted by atomic mass is 10.2. The van der Waals surface area contributed by atoms with Crippen molar-refractivity contribution < 1.29 is 0 Å². The quantitative estimate of drug-likeness (QED) is 0.608. The molecule has 0 amide bonds. The fourth-order valence-corrected chi connectivity index (χ4v) is 1.01. The molecule has 2 nitrogen and oxygen atoms in total. The van der Waals surface area contributed by atoms with Gasteiger partial charge in [0.25, 0.3) is 0 Å². The van der Waals surface area contributed by atoms with E-state index >= 15 is 0 Å². The van der Waals surface area contributed by atoms with Crippen LogP contribution >= 0.6 is 0 Å². The van der Waals surface area contributed by atoms with Crippen molar-refractivity contribution in [2.45, 2.75) is 0 Å². The molecule has 0 fully saturated rings. The number of benzene rings is 1. The normalized spacial score (nSPS) is 10.2. The average molecular weight is 143 g/mol. The van der Waals surface area contributed by atoms with Gasteiger partial charge in [0, 0.05) is 11.5 Å². The molecule has 2 rings (SSSR count). The second-order valence-electron chi connectivity index (χ2n) is 2.34. The van der Waals surface area contributed by atoms with E-state index < -0.39 is 0 Å². The van der Waals surface area contributed by atoms with Gasteiger partial charge < -0.3 is 5.73 Å². The first-order valence-electron chi connectivity index (χ1n) is 3.39. The van der Waals surface area contributed by atoms with E-state index in [2.05, 4.69) is 11.1 Å². The van der Waals surface area contributed by atoms with Gasteiger partial charge in [-0.3, -0.25) is 0 Å². The van der Waals surface area contributed by atoms with Crippen molar-refractivity contribution in [2.75, 3.05) is 5.73 Å². The average Bonchev–Trinajstić information content (AvgIpc) is 2.04. The molecule has 0 spiro atoms. The van der Waals surface area contributed by atoms with Gasteiger partial charge in [-0.2, -0.15) is 0 Å². The highest BCUT2D eigenvalue weighted by atomic mass is 14.8. The molecule has 2 heteroatoms. The number of hydrogen-bond donors (Lipinski definition) is 1. The number of rotatable bonds is 0. The molecule has 1 heterocycles. The van der Waals surface area contributed by atoms with Gasteiger partial charge >= 0.3 is 0 Å². The molecule has 0 saturated carbocycles. The summed E-state index contributed by atoms with van der Waals surface area (Å²) < 4.78 is 0. The Labute approximate surface area is 64.7 Å². The molecule has 0 aliphatic heterocycles. The van der Waals surface area contributed by atoms with Crippen LogP contribution < -0.4 is 5.73 Å². The van der Waals surface area contributed by atoms with Crippen molar-refractivity contribution in [3.8, 4) is 0 Å². The number of hydrogen-bond acceptors (Lipinski definition) is 2. The van der Waals surface area contributed by atoms with Crippen molar-refractivity contribution in [3.05, 3.63) is 36.4 Å². The zero-order chi connectivity index (χ0) is 7.68. The summed E-state index contributed by atoms with van der Waals surface area (Å²) in [7, 11) is 0. The first-order valence-corrected chi connectivity index (χ1v) is 3.39. The Morgan fingerprint density at radius 1 is 1.27 bits per heavy atom. The SMILES string of the molecule is Nc1ccc2ccc[c]c2n1. The second-order valence-corrected chi connectivity index (χ2v) is 2.34. The van der Waals surface area contributed by atoms with E-state index in [1.165, 1.54) is 0 Å². The summed E-state index contributed by atoms with van der Waals surface area (Å²) in [5.74, 6) is 0.542. The molecule has 0 saturated heterocycles. The summed E-state index contributed by atoms with van der Waals surface area (Å²) in [6, 6.07) is 12.5. The Morgan fingerprint density at radius 2 is 2.18 bits per heavy atom. The summed E-state index contributed by atoms with van der Waals surface area (Å²) in [4.78, 5) is 4.10. The Kier molecular flexibility index (Phi) is 1.25. The Bertz CT molecular complexity index is 382. The van der Waals surface area contributed by atoms with Crippen molar-refractivity contribution >= 4 is 16.7 Å². The van der Waals surface area contributed by atoms with Crippen LogP contribution in [0.3, 0.4) is 0 Å². The molecule has 1 aromatic heterocycles.